The van der Waals surface area contributed by atoms with E-state index in [1.54, 1.807) is 0 Å². The quantitative estimate of drug-likeness (QED) is 0.161. The van der Waals surface area contributed by atoms with Crippen LogP contribution >= 0.6 is 0 Å². The van der Waals surface area contributed by atoms with Crippen molar-refractivity contribution < 1.29 is 0 Å². The zero-order valence-corrected chi connectivity index (χ0v) is 30.1. The molecule has 4 heteroatoms. The summed E-state index contributed by atoms with van der Waals surface area (Å²) in [5, 5.41) is 4.96. The van der Waals surface area contributed by atoms with Gasteiger partial charge in [-0.3, -0.25) is 0 Å². The highest BCUT2D eigenvalue weighted by Crippen LogP contribution is 2.48. The normalized spacial score (nSPS) is 11.9. The average Bonchev–Trinajstić information content (AvgIpc) is 3.73. The van der Waals surface area contributed by atoms with Crippen molar-refractivity contribution in [2.45, 2.75) is 13.8 Å². The number of hydrogen-bond acceptors (Lipinski definition) is 2. The van der Waals surface area contributed by atoms with E-state index in [1.807, 2.05) is 0 Å². The van der Waals surface area contributed by atoms with Crippen molar-refractivity contribution in [3.8, 4) is 0 Å². The van der Waals surface area contributed by atoms with Crippen molar-refractivity contribution in [3.05, 3.63) is 193 Å². The molecule has 0 radical (unpaired) electrons. The predicted molar refractivity (Wildman–Crippen MR) is 228 cm³/mol. The van der Waals surface area contributed by atoms with E-state index in [-0.39, 0.29) is 0 Å². The minimum absolute atomic E-state index is 1.11. The topological polar surface area (TPSA) is 15.3 Å². The predicted octanol–water partition coefficient (Wildman–Crippen LogP) is 13.8. The molecule has 11 aromatic rings. The number of para-hydroxylation sites is 5. The fourth-order valence-electron chi connectivity index (χ4n) is 8.97. The largest absolute Gasteiger partial charge is 0.310 e. The third-order valence-corrected chi connectivity index (χ3v) is 11.0. The number of fused-ring (bicyclic) bond motifs is 8. The Bertz CT molecular complexity index is 3120. The molecule has 0 aliphatic carbocycles. The van der Waals surface area contributed by atoms with Gasteiger partial charge in [0.15, 0.2) is 0 Å². The Balaban J connectivity index is 1.31. The summed E-state index contributed by atoms with van der Waals surface area (Å²) in [5.41, 5.74) is 16.5. The number of anilines is 6. The van der Waals surface area contributed by atoms with Crippen LogP contribution in [0, 0.1) is 13.8 Å². The van der Waals surface area contributed by atoms with Crippen LogP contribution in [0.4, 0.5) is 34.1 Å². The van der Waals surface area contributed by atoms with Gasteiger partial charge in [0.05, 0.1) is 38.8 Å². The molecule has 0 N–H and O–H groups in total. The Kier molecular flexibility index (Phi) is 6.65. The summed E-state index contributed by atoms with van der Waals surface area (Å²) in [4.78, 5) is 4.80. The summed E-state index contributed by atoms with van der Waals surface area (Å²) in [6, 6.07) is 66.4. The SMILES string of the molecule is Cc1cc(C)cc(N(c2ccccc2)c2ccc3c4c(N(c5ccccc5)c5ccccc5)ccc5c4n(c3c2)c2cccc3c4ccccc4n5c32)c1. The van der Waals surface area contributed by atoms with Crippen molar-refractivity contribution >= 4 is 88.8 Å². The van der Waals surface area contributed by atoms with Gasteiger partial charge in [-0.05, 0) is 110 Å². The van der Waals surface area contributed by atoms with Gasteiger partial charge < -0.3 is 18.6 Å². The first-order valence-corrected chi connectivity index (χ1v) is 18.6. The first-order valence-electron chi connectivity index (χ1n) is 18.6. The first kappa shape index (κ1) is 30.6. The lowest BCUT2D eigenvalue weighted by molar-refractivity contribution is 1.24. The van der Waals surface area contributed by atoms with E-state index in [4.69, 9.17) is 0 Å². The number of rotatable bonds is 6. The maximum atomic E-state index is 2.53. The summed E-state index contributed by atoms with van der Waals surface area (Å²) >= 11 is 0. The molecule has 0 saturated carbocycles. The molecule has 3 heterocycles. The van der Waals surface area contributed by atoms with Crippen molar-refractivity contribution in [2.75, 3.05) is 9.80 Å². The average molecular weight is 693 g/mol. The molecule has 0 spiro atoms. The Labute approximate surface area is 313 Å². The second-order valence-corrected chi connectivity index (χ2v) is 14.4. The summed E-state index contributed by atoms with van der Waals surface area (Å²) < 4.78 is 5.03. The first-order chi connectivity index (χ1) is 26.6. The molecule has 54 heavy (non-hydrogen) atoms. The van der Waals surface area contributed by atoms with Gasteiger partial charge in [-0.25, -0.2) is 0 Å². The molecule has 11 rings (SSSR count). The van der Waals surface area contributed by atoms with Crippen molar-refractivity contribution in [3.63, 3.8) is 0 Å². The second-order valence-electron chi connectivity index (χ2n) is 14.4. The molecular formula is C50H36N4. The van der Waals surface area contributed by atoms with Crippen molar-refractivity contribution in [1.29, 1.82) is 0 Å². The molecule has 0 amide bonds. The molecule has 3 aromatic heterocycles. The number of nitrogens with zero attached hydrogens (tertiary/aromatic N) is 4. The molecule has 256 valence electrons. The van der Waals surface area contributed by atoms with E-state index in [0.29, 0.717) is 0 Å². The molecule has 0 fully saturated rings. The molecule has 0 atom stereocenters. The zero-order chi connectivity index (χ0) is 35.9. The summed E-state index contributed by atoms with van der Waals surface area (Å²) in [6.07, 6.45) is 0. The molecular weight excluding hydrogens is 657 g/mol. The molecule has 0 aliphatic heterocycles. The molecule has 0 bridgehead atoms. The van der Waals surface area contributed by atoms with Gasteiger partial charge in [0.25, 0.3) is 0 Å². The van der Waals surface area contributed by atoms with Crippen LogP contribution in [0.1, 0.15) is 11.1 Å². The highest BCUT2D eigenvalue weighted by Gasteiger charge is 2.26. The Morgan fingerprint density at radius 1 is 0.333 bits per heavy atom. The third-order valence-electron chi connectivity index (χ3n) is 11.0. The van der Waals surface area contributed by atoms with Crippen LogP contribution in [-0.4, -0.2) is 8.80 Å². The van der Waals surface area contributed by atoms with Crippen LogP contribution in [0.3, 0.4) is 0 Å². The number of aryl methyl sites for hydroxylation is 2. The highest BCUT2D eigenvalue weighted by atomic mass is 15.2. The van der Waals surface area contributed by atoms with Crippen molar-refractivity contribution in [2.24, 2.45) is 0 Å². The number of benzene rings is 8. The fourth-order valence-corrected chi connectivity index (χ4v) is 8.97. The third kappa shape index (κ3) is 4.44. The molecule has 0 saturated heterocycles. The van der Waals surface area contributed by atoms with Crippen molar-refractivity contribution in [1.82, 2.24) is 8.80 Å². The smallest absolute Gasteiger partial charge is 0.0804 e. The Morgan fingerprint density at radius 3 is 1.57 bits per heavy atom. The lowest BCUT2D eigenvalue weighted by Crippen LogP contribution is -2.10. The molecule has 0 unspecified atom stereocenters. The van der Waals surface area contributed by atoms with Gasteiger partial charge in [0.1, 0.15) is 0 Å². The van der Waals surface area contributed by atoms with Gasteiger partial charge in [-0.1, -0.05) is 97.1 Å². The van der Waals surface area contributed by atoms with Crippen LogP contribution in [0.25, 0.3) is 54.6 Å². The lowest BCUT2D eigenvalue weighted by Gasteiger charge is -2.27. The summed E-state index contributed by atoms with van der Waals surface area (Å²) in [6.45, 7) is 4.36. The van der Waals surface area contributed by atoms with Gasteiger partial charge in [-0.15, -0.1) is 0 Å². The van der Waals surface area contributed by atoms with E-state index < -0.39 is 0 Å². The maximum absolute atomic E-state index is 2.53. The highest BCUT2D eigenvalue weighted by molar-refractivity contribution is 6.25. The van der Waals surface area contributed by atoms with Crippen LogP contribution in [0.5, 0.6) is 0 Å². The molecule has 0 aliphatic rings. The zero-order valence-electron chi connectivity index (χ0n) is 30.1. The maximum Gasteiger partial charge on any atom is 0.0804 e. The fraction of sp³-hybridized carbons (Fsp3) is 0.0400. The van der Waals surface area contributed by atoms with Crippen LogP contribution in [0.15, 0.2) is 182 Å². The van der Waals surface area contributed by atoms with Gasteiger partial charge >= 0.3 is 0 Å². The van der Waals surface area contributed by atoms with Gasteiger partial charge in [-0.2, -0.15) is 0 Å². The van der Waals surface area contributed by atoms with E-state index >= 15 is 0 Å². The number of aromatic nitrogens is 2. The minimum Gasteiger partial charge on any atom is -0.310 e. The minimum atomic E-state index is 1.11. The van der Waals surface area contributed by atoms with Crippen LogP contribution in [0.2, 0.25) is 0 Å². The van der Waals surface area contributed by atoms with E-state index in [0.717, 1.165) is 34.1 Å². The van der Waals surface area contributed by atoms with Gasteiger partial charge in [0, 0.05) is 50.0 Å². The standard InChI is InChI=1S/C50H36N4/c1-33-29-34(2)31-39(30-33)51(35-15-6-3-7-16-35)38-25-26-42-47(32-38)54-45-24-14-22-41-40-21-12-13-23-43(40)53(49(41)45)46-28-27-44(48(42)50(46)54)52(36-17-8-4-9-18-36)37-19-10-5-11-20-37/h3-32H,1-2H3. The van der Waals surface area contributed by atoms with Gasteiger partial charge in [0.2, 0.25) is 0 Å². The molecule has 8 aromatic carbocycles. The van der Waals surface area contributed by atoms with E-state index in [2.05, 4.69) is 214 Å². The van der Waals surface area contributed by atoms with E-state index in [1.165, 1.54) is 65.8 Å². The van der Waals surface area contributed by atoms with Crippen LogP contribution in [-0.2, 0) is 0 Å². The van der Waals surface area contributed by atoms with E-state index in [9.17, 15) is 0 Å². The molecule has 4 nitrogen and oxygen atoms in total. The summed E-state index contributed by atoms with van der Waals surface area (Å²) in [5.74, 6) is 0. The Hall–Kier alpha value is -7.04. The monoisotopic (exact) mass is 692 g/mol. The van der Waals surface area contributed by atoms with Crippen LogP contribution < -0.4 is 9.80 Å². The Morgan fingerprint density at radius 2 is 0.889 bits per heavy atom. The lowest BCUT2D eigenvalue weighted by atomic mass is 10.1. The number of hydrogen-bond donors (Lipinski definition) is 0. The summed E-state index contributed by atoms with van der Waals surface area (Å²) in [7, 11) is 0. The second kappa shape index (κ2) is 11.7.